The second kappa shape index (κ2) is 8.71. The first-order valence-corrected chi connectivity index (χ1v) is 12.3. The molecule has 2 aromatic heterocycles. The van der Waals surface area contributed by atoms with Crippen molar-refractivity contribution in [1.29, 1.82) is 0 Å². The van der Waals surface area contributed by atoms with E-state index in [2.05, 4.69) is 15.1 Å². The quantitative estimate of drug-likeness (QED) is 0.420. The van der Waals surface area contributed by atoms with Crippen LogP contribution >= 0.6 is 0 Å². The van der Waals surface area contributed by atoms with Gasteiger partial charge in [-0.15, -0.1) is 0 Å². The van der Waals surface area contributed by atoms with Crippen molar-refractivity contribution in [2.24, 2.45) is 7.05 Å². The molecule has 1 saturated carbocycles. The molecule has 5 rings (SSSR count). The van der Waals surface area contributed by atoms with Crippen molar-refractivity contribution in [3.8, 4) is 0 Å². The number of nitrogens with zero attached hydrogens (tertiary/aromatic N) is 5. The van der Waals surface area contributed by atoms with Gasteiger partial charge < -0.3 is 19.9 Å². The molecule has 2 fully saturated rings. The van der Waals surface area contributed by atoms with Gasteiger partial charge in [0.15, 0.2) is 0 Å². The molecule has 1 aliphatic heterocycles. The Morgan fingerprint density at radius 2 is 1.81 bits per heavy atom. The van der Waals surface area contributed by atoms with Gasteiger partial charge in [-0.2, -0.15) is 5.10 Å². The lowest BCUT2D eigenvalue weighted by molar-refractivity contribution is 0.00578. The predicted octanol–water partition coefficient (Wildman–Crippen LogP) is 3.12. The van der Waals surface area contributed by atoms with Crippen molar-refractivity contribution < 1.29 is 14.1 Å². The molecule has 1 aliphatic carbocycles. The van der Waals surface area contributed by atoms with Crippen molar-refractivity contribution in [3.63, 3.8) is 0 Å². The molecule has 0 radical (unpaired) electrons. The molecule has 0 bridgehead atoms. The number of nitrogen functional groups attached to an aromatic ring is 1. The van der Waals surface area contributed by atoms with Crippen LogP contribution in [0.25, 0.3) is 0 Å². The van der Waals surface area contributed by atoms with E-state index >= 15 is 0 Å². The van der Waals surface area contributed by atoms with Gasteiger partial charge >= 0.3 is 7.12 Å². The number of nitrogens with two attached hydrogens (primary N) is 1. The molecule has 2 N–H and O–H groups in total. The van der Waals surface area contributed by atoms with E-state index in [9.17, 15) is 4.79 Å². The monoisotopic (exact) mass is 488 g/mol. The van der Waals surface area contributed by atoms with E-state index in [1.165, 1.54) is 0 Å². The van der Waals surface area contributed by atoms with E-state index in [0.29, 0.717) is 23.7 Å². The number of benzene rings is 1. The molecule has 3 aromatic rings. The van der Waals surface area contributed by atoms with Crippen molar-refractivity contribution in [3.05, 3.63) is 59.4 Å². The van der Waals surface area contributed by atoms with Crippen LogP contribution in [0.1, 0.15) is 73.9 Å². The normalized spacial score (nSPS) is 18.4. The average molecular weight is 488 g/mol. The van der Waals surface area contributed by atoms with Gasteiger partial charge in [0.2, 0.25) is 0 Å². The molecule has 2 aliphatic rings. The van der Waals surface area contributed by atoms with Gasteiger partial charge in [-0.05, 0) is 59.1 Å². The number of hydrogen-bond acceptors (Lipinski definition) is 7. The molecule has 3 heterocycles. The highest BCUT2D eigenvalue weighted by Gasteiger charge is 2.52. The van der Waals surface area contributed by atoms with Crippen LogP contribution in [-0.2, 0) is 22.9 Å². The molecular weight excluding hydrogens is 455 g/mol. The largest absolute Gasteiger partial charge is 0.496 e. The van der Waals surface area contributed by atoms with E-state index in [0.717, 1.165) is 41.1 Å². The Bertz CT molecular complexity index is 1280. The molecule has 0 atom stereocenters. The summed E-state index contributed by atoms with van der Waals surface area (Å²) in [5.41, 5.74) is 9.67. The topological polar surface area (TPSA) is 108 Å². The second-order valence-corrected chi connectivity index (χ2v) is 10.8. The maximum atomic E-state index is 13.6. The molecular formula is C26H33BN6O3. The Balaban J connectivity index is 1.42. The number of carbonyl (C=O) groups excluding carboxylic acids is 1. The van der Waals surface area contributed by atoms with Crippen LogP contribution in [0, 0.1) is 6.92 Å². The molecule has 9 nitrogen and oxygen atoms in total. The van der Waals surface area contributed by atoms with Crippen LogP contribution in [0.4, 0.5) is 11.4 Å². The SMILES string of the molecule is Cc1nn(C)cc1N(Cc1ccc(B2OC(C)(C)C(C)(C)O2)c(N)c1)C(=O)c1cnc(C2CC2)nc1. The van der Waals surface area contributed by atoms with Crippen molar-refractivity contribution >= 4 is 29.9 Å². The van der Waals surface area contributed by atoms with Crippen molar-refractivity contribution in [2.75, 3.05) is 10.6 Å². The van der Waals surface area contributed by atoms with Gasteiger partial charge in [0.1, 0.15) is 5.82 Å². The molecule has 36 heavy (non-hydrogen) atoms. The fourth-order valence-corrected chi connectivity index (χ4v) is 4.36. The maximum absolute atomic E-state index is 13.6. The van der Waals surface area contributed by atoms with Gasteiger partial charge in [0, 0.05) is 42.7 Å². The third kappa shape index (κ3) is 4.51. The number of aryl methyl sites for hydroxylation is 2. The van der Waals surface area contributed by atoms with E-state index in [-0.39, 0.29) is 5.91 Å². The van der Waals surface area contributed by atoms with Crippen molar-refractivity contribution in [2.45, 2.75) is 71.1 Å². The second-order valence-electron chi connectivity index (χ2n) is 10.8. The summed E-state index contributed by atoms with van der Waals surface area (Å²) < 4.78 is 14.1. The Hall–Kier alpha value is -3.24. The van der Waals surface area contributed by atoms with Gasteiger partial charge in [0.05, 0.1) is 34.7 Å². The number of rotatable bonds is 6. The minimum Gasteiger partial charge on any atom is -0.399 e. The molecule has 188 valence electrons. The summed E-state index contributed by atoms with van der Waals surface area (Å²) in [7, 11) is 1.29. The van der Waals surface area contributed by atoms with Gasteiger partial charge in [-0.25, -0.2) is 9.97 Å². The average Bonchev–Trinajstić information content (AvgIpc) is 3.56. The highest BCUT2D eigenvalue weighted by Crippen LogP contribution is 2.38. The van der Waals surface area contributed by atoms with Crippen LogP contribution in [0.15, 0.2) is 36.8 Å². The Morgan fingerprint density at radius 3 is 2.33 bits per heavy atom. The maximum Gasteiger partial charge on any atom is 0.496 e. The summed E-state index contributed by atoms with van der Waals surface area (Å²) in [5, 5.41) is 4.44. The summed E-state index contributed by atoms with van der Waals surface area (Å²) in [6.07, 6.45) is 7.30. The summed E-state index contributed by atoms with van der Waals surface area (Å²) in [6, 6.07) is 5.74. The number of amides is 1. The highest BCUT2D eigenvalue weighted by molar-refractivity contribution is 6.63. The van der Waals surface area contributed by atoms with Crippen LogP contribution in [0.5, 0.6) is 0 Å². The predicted molar refractivity (Wildman–Crippen MR) is 139 cm³/mol. The lowest BCUT2D eigenvalue weighted by Gasteiger charge is -2.32. The lowest BCUT2D eigenvalue weighted by Crippen LogP contribution is -2.41. The minimum absolute atomic E-state index is 0.193. The number of carbonyl (C=O) groups is 1. The Kier molecular flexibility index (Phi) is 5.92. The molecule has 0 unspecified atom stereocenters. The molecule has 1 saturated heterocycles. The zero-order chi connectivity index (χ0) is 25.8. The minimum atomic E-state index is -0.551. The van der Waals surface area contributed by atoms with Crippen molar-refractivity contribution in [1.82, 2.24) is 19.7 Å². The third-order valence-electron chi connectivity index (χ3n) is 7.38. The fourth-order valence-electron chi connectivity index (χ4n) is 4.36. The number of aromatic nitrogens is 4. The summed E-state index contributed by atoms with van der Waals surface area (Å²) >= 11 is 0. The first-order valence-electron chi connectivity index (χ1n) is 12.3. The molecule has 1 amide bonds. The summed E-state index contributed by atoms with van der Waals surface area (Å²) in [5.74, 6) is 1.04. The summed E-state index contributed by atoms with van der Waals surface area (Å²) in [4.78, 5) is 24.2. The molecule has 10 heteroatoms. The number of hydrogen-bond donors (Lipinski definition) is 1. The van der Waals surface area contributed by atoms with Crippen LogP contribution in [-0.4, -0.2) is 44.0 Å². The van der Waals surface area contributed by atoms with Crippen LogP contribution in [0.2, 0.25) is 0 Å². The molecule has 0 spiro atoms. The summed E-state index contributed by atoms with van der Waals surface area (Å²) in [6.45, 7) is 10.2. The fraction of sp³-hybridized carbons (Fsp3) is 0.462. The van der Waals surface area contributed by atoms with Crippen LogP contribution < -0.4 is 16.1 Å². The first kappa shape index (κ1) is 24.5. The Labute approximate surface area is 212 Å². The van der Waals surface area contributed by atoms with Gasteiger partial charge in [-0.3, -0.25) is 9.48 Å². The zero-order valence-corrected chi connectivity index (χ0v) is 21.8. The highest BCUT2D eigenvalue weighted by atomic mass is 16.7. The van der Waals surface area contributed by atoms with Gasteiger partial charge in [-0.1, -0.05) is 12.1 Å². The van der Waals surface area contributed by atoms with Crippen LogP contribution in [0.3, 0.4) is 0 Å². The molecule has 1 aromatic carbocycles. The van der Waals surface area contributed by atoms with Gasteiger partial charge in [0.25, 0.3) is 5.91 Å². The number of anilines is 2. The Morgan fingerprint density at radius 1 is 1.17 bits per heavy atom. The van der Waals surface area contributed by atoms with E-state index < -0.39 is 18.3 Å². The zero-order valence-electron chi connectivity index (χ0n) is 21.8. The van der Waals surface area contributed by atoms with E-state index in [1.54, 1.807) is 22.0 Å². The first-order chi connectivity index (χ1) is 16.9. The smallest absolute Gasteiger partial charge is 0.399 e. The van der Waals surface area contributed by atoms with E-state index in [4.69, 9.17) is 15.0 Å². The lowest BCUT2D eigenvalue weighted by atomic mass is 9.77. The van der Waals surface area contributed by atoms with E-state index in [1.807, 2.05) is 66.1 Å². The third-order valence-corrected chi connectivity index (χ3v) is 7.38. The standard InChI is InChI=1S/C26H33BN6O3/c1-16-22(15-32(6)31-16)33(24(34)19-12-29-23(30-13-19)18-8-9-18)14-17-7-10-20(21(28)11-17)27-35-25(2,3)26(4,5)36-27/h7,10-13,15,18H,8-9,14,28H2,1-6H3.